The molecule has 0 unspecified atom stereocenters. The third kappa shape index (κ3) is 4.39. The van der Waals surface area contributed by atoms with Crippen molar-refractivity contribution in [2.45, 2.75) is 19.1 Å². The van der Waals surface area contributed by atoms with Gasteiger partial charge in [0.1, 0.15) is 5.75 Å². The molecule has 128 valence electrons. The van der Waals surface area contributed by atoms with Crippen LogP contribution in [0, 0.1) is 13.8 Å². The van der Waals surface area contributed by atoms with E-state index in [2.05, 4.69) is 15.5 Å². The molecule has 0 aliphatic heterocycles. The molecule has 6 nitrogen and oxygen atoms in total. The lowest BCUT2D eigenvalue weighted by molar-refractivity contribution is -0.113. The Morgan fingerprint density at radius 2 is 2.00 bits per heavy atom. The van der Waals surface area contributed by atoms with Crippen molar-refractivity contribution in [1.82, 2.24) is 10.2 Å². The molecular formula is C18H17N3O3S. The van der Waals surface area contributed by atoms with E-state index in [0.717, 1.165) is 23.0 Å². The van der Waals surface area contributed by atoms with Gasteiger partial charge in [-0.3, -0.25) is 4.79 Å². The van der Waals surface area contributed by atoms with Crippen LogP contribution in [0.2, 0.25) is 0 Å². The summed E-state index contributed by atoms with van der Waals surface area (Å²) in [5.41, 5.74) is 3.69. The number of thioether (sulfide) groups is 1. The maximum absolute atomic E-state index is 12.0. The molecule has 0 saturated heterocycles. The Kier molecular flexibility index (Phi) is 5.04. The highest BCUT2D eigenvalue weighted by Gasteiger charge is 2.12. The Hall–Kier alpha value is -2.80. The molecule has 1 heterocycles. The van der Waals surface area contributed by atoms with Gasteiger partial charge in [-0.05, 0) is 55.3 Å². The highest BCUT2D eigenvalue weighted by Crippen LogP contribution is 2.25. The monoisotopic (exact) mass is 355 g/mol. The first kappa shape index (κ1) is 17.0. The number of phenolic OH excluding ortho intramolecular Hbond substituents is 1. The SMILES string of the molecule is Cc1ccc(NC(=O)CSc2nnc(-c3cccc(O)c3)o2)cc1C. The van der Waals surface area contributed by atoms with Crippen LogP contribution < -0.4 is 5.32 Å². The van der Waals surface area contributed by atoms with Crippen LogP contribution in [0.25, 0.3) is 11.5 Å². The minimum atomic E-state index is -0.148. The third-order valence-corrected chi connectivity index (χ3v) is 4.44. The third-order valence-electron chi connectivity index (χ3n) is 3.62. The van der Waals surface area contributed by atoms with Gasteiger partial charge >= 0.3 is 0 Å². The second kappa shape index (κ2) is 7.40. The van der Waals surface area contributed by atoms with E-state index in [-0.39, 0.29) is 17.4 Å². The van der Waals surface area contributed by atoms with Crippen LogP contribution in [0.1, 0.15) is 11.1 Å². The molecule has 0 radical (unpaired) electrons. The van der Waals surface area contributed by atoms with Gasteiger partial charge in [-0.2, -0.15) is 0 Å². The minimum absolute atomic E-state index is 0.123. The molecule has 2 N–H and O–H groups in total. The Balaban J connectivity index is 1.58. The normalized spacial score (nSPS) is 10.6. The zero-order valence-electron chi connectivity index (χ0n) is 13.8. The second-order valence-corrected chi connectivity index (χ2v) is 6.49. The number of hydrogen-bond donors (Lipinski definition) is 2. The minimum Gasteiger partial charge on any atom is -0.508 e. The van der Waals surface area contributed by atoms with Crippen LogP contribution in [-0.4, -0.2) is 27.0 Å². The molecule has 0 bridgehead atoms. The van der Waals surface area contributed by atoms with Gasteiger partial charge in [0.25, 0.3) is 5.22 Å². The zero-order valence-corrected chi connectivity index (χ0v) is 14.6. The van der Waals surface area contributed by atoms with Crippen molar-refractivity contribution < 1.29 is 14.3 Å². The fraction of sp³-hybridized carbons (Fsp3) is 0.167. The average molecular weight is 355 g/mol. The number of nitrogens with zero attached hydrogens (tertiary/aromatic N) is 2. The van der Waals surface area contributed by atoms with Crippen LogP contribution >= 0.6 is 11.8 Å². The van der Waals surface area contributed by atoms with E-state index in [4.69, 9.17) is 4.42 Å². The number of aryl methyl sites for hydroxylation is 2. The van der Waals surface area contributed by atoms with Gasteiger partial charge in [-0.25, -0.2) is 0 Å². The van der Waals surface area contributed by atoms with Crippen molar-refractivity contribution in [2.75, 3.05) is 11.1 Å². The maximum atomic E-state index is 12.0. The molecule has 0 atom stereocenters. The maximum Gasteiger partial charge on any atom is 0.277 e. The van der Waals surface area contributed by atoms with E-state index in [1.54, 1.807) is 18.2 Å². The number of anilines is 1. The van der Waals surface area contributed by atoms with Crippen LogP contribution in [0.4, 0.5) is 5.69 Å². The molecule has 25 heavy (non-hydrogen) atoms. The van der Waals surface area contributed by atoms with E-state index in [1.165, 1.54) is 11.6 Å². The molecular weight excluding hydrogens is 338 g/mol. The van der Waals surface area contributed by atoms with E-state index < -0.39 is 0 Å². The van der Waals surface area contributed by atoms with Gasteiger partial charge in [-0.1, -0.05) is 23.9 Å². The molecule has 0 saturated carbocycles. The molecule has 0 aliphatic carbocycles. The number of carbonyl (C=O) groups excluding carboxylic acids is 1. The van der Waals surface area contributed by atoms with Crippen LogP contribution in [0.15, 0.2) is 52.1 Å². The molecule has 0 aliphatic rings. The number of rotatable bonds is 5. The Labute approximate surface area is 149 Å². The van der Waals surface area contributed by atoms with Crippen molar-refractivity contribution in [3.8, 4) is 17.2 Å². The molecule has 0 spiro atoms. The molecule has 1 aromatic heterocycles. The van der Waals surface area contributed by atoms with E-state index >= 15 is 0 Å². The first-order chi connectivity index (χ1) is 12.0. The summed E-state index contributed by atoms with van der Waals surface area (Å²) < 4.78 is 5.51. The van der Waals surface area contributed by atoms with Gasteiger partial charge in [0.15, 0.2) is 0 Å². The van der Waals surface area contributed by atoms with Crippen LogP contribution in [0.5, 0.6) is 5.75 Å². The first-order valence-corrected chi connectivity index (χ1v) is 8.62. The largest absolute Gasteiger partial charge is 0.508 e. The summed E-state index contributed by atoms with van der Waals surface area (Å²) in [6, 6.07) is 12.3. The van der Waals surface area contributed by atoms with Gasteiger partial charge < -0.3 is 14.8 Å². The topological polar surface area (TPSA) is 88.2 Å². The highest BCUT2D eigenvalue weighted by molar-refractivity contribution is 7.99. The smallest absolute Gasteiger partial charge is 0.277 e. The van der Waals surface area contributed by atoms with Crippen LogP contribution in [-0.2, 0) is 4.79 Å². The molecule has 2 aromatic carbocycles. The van der Waals surface area contributed by atoms with Crippen molar-refractivity contribution in [3.63, 3.8) is 0 Å². The summed E-state index contributed by atoms with van der Waals surface area (Å²) >= 11 is 1.16. The highest BCUT2D eigenvalue weighted by atomic mass is 32.2. The number of aromatic nitrogens is 2. The second-order valence-electron chi connectivity index (χ2n) is 5.56. The number of carbonyl (C=O) groups is 1. The molecule has 0 fully saturated rings. The quantitative estimate of drug-likeness (QED) is 0.677. The van der Waals surface area contributed by atoms with Crippen molar-refractivity contribution in [1.29, 1.82) is 0 Å². The van der Waals surface area contributed by atoms with E-state index in [0.29, 0.717) is 16.7 Å². The van der Waals surface area contributed by atoms with Crippen molar-refractivity contribution in [2.24, 2.45) is 0 Å². The lowest BCUT2D eigenvalue weighted by Crippen LogP contribution is -2.14. The number of aromatic hydroxyl groups is 1. The summed E-state index contributed by atoms with van der Waals surface area (Å²) in [6.07, 6.45) is 0. The van der Waals surface area contributed by atoms with Gasteiger partial charge in [-0.15, -0.1) is 10.2 Å². The van der Waals surface area contributed by atoms with Crippen LogP contribution in [0.3, 0.4) is 0 Å². The average Bonchev–Trinajstić information content (AvgIpc) is 3.05. The molecule has 7 heteroatoms. The van der Waals surface area contributed by atoms with E-state index in [9.17, 15) is 9.90 Å². The zero-order chi connectivity index (χ0) is 17.8. The number of phenols is 1. The predicted octanol–water partition coefficient (Wildman–Crippen LogP) is 3.79. The molecule has 1 amide bonds. The lowest BCUT2D eigenvalue weighted by Gasteiger charge is -2.06. The van der Waals surface area contributed by atoms with E-state index in [1.807, 2.05) is 32.0 Å². The molecule has 3 aromatic rings. The van der Waals surface area contributed by atoms with Gasteiger partial charge in [0.2, 0.25) is 11.8 Å². The Bertz CT molecular complexity index is 908. The van der Waals surface area contributed by atoms with Gasteiger partial charge in [0.05, 0.1) is 5.75 Å². The summed E-state index contributed by atoms with van der Waals surface area (Å²) in [6.45, 7) is 4.03. The molecule has 3 rings (SSSR count). The fourth-order valence-electron chi connectivity index (χ4n) is 2.17. The summed E-state index contributed by atoms with van der Waals surface area (Å²) in [7, 11) is 0. The Morgan fingerprint density at radius 3 is 2.76 bits per heavy atom. The number of nitrogens with one attached hydrogen (secondary N) is 1. The lowest BCUT2D eigenvalue weighted by atomic mass is 10.1. The summed E-state index contributed by atoms with van der Waals surface area (Å²) in [5.74, 6) is 0.435. The predicted molar refractivity (Wildman–Crippen MR) is 96.7 cm³/mol. The standard InChI is InChI=1S/C18H17N3O3S/c1-11-6-7-14(8-12(11)2)19-16(23)10-25-18-21-20-17(24-18)13-4-3-5-15(22)9-13/h3-9,22H,10H2,1-2H3,(H,19,23). The number of amides is 1. The van der Waals surface area contributed by atoms with Gasteiger partial charge in [0, 0.05) is 11.3 Å². The fourth-order valence-corrected chi connectivity index (χ4v) is 2.73. The summed E-state index contributed by atoms with van der Waals surface area (Å²) in [5, 5.41) is 20.5. The Morgan fingerprint density at radius 1 is 1.16 bits per heavy atom. The van der Waals surface area contributed by atoms with Crippen molar-refractivity contribution >= 4 is 23.4 Å². The number of hydrogen-bond acceptors (Lipinski definition) is 6. The van der Waals surface area contributed by atoms with Crippen molar-refractivity contribution in [3.05, 3.63) is 53.6 Å². The summed E-state index contributed by atoms with van der Waals surface area (Å²) in [4.78, 5) is 12.0. The first-order valence-electron chi connectivity index (χ1n) is 7.64. The number of benzene rings is 2.